The molecule has 0 radical (unpaired) electrons. The molecule has 0 bridgehead atoms. The van der Waals surface area contributed by atoms with E-state index in [0.29, 0.717) is 11.7 Å². The predicted molar refractivity (Wildman–Crippen MR) is 99.2 cm³/mol. The topological polar surface area (TPSA) is 35.0 Å². The number of ether oxygens (including phenoxy) is 1. The Morgan fingerprint density at radius 1 is 0.708 bits per heavy atom. The minimum absolute atomic E-state index is 0.557. The van der Waals surface area contributed by atoms with E-state index in [0.717, 1.165) is 26.7 Å². The van der Waals surface area contributed by atoms with Crippen molar-refractivity contribution in [3.63, 3.8) is 0 Å². The molecule has 116 valence electrons. The lowest BCUT2D eigenvalue weighted by Crippen LogP contribution is -1.95. The van der Waals surface area contributed by atoms with Crippen LogP contribution in [-0.4, -0.2) is 9.97 Å². The summed E-state index contributed by atoms with van der Waals surface area (Å²) in [6.45, 7) is 0. The van der Waals surface area contributed by atoms with Gasteiger partial charge in [0.15, 0.2) is 5.82 Å². The fourth-order valence-corrected chi connectivity index (χ4v) is 2.72. The monoisotopic (exact) mass is 376 g/mol. The van der Waals surface area contributed by atoms with Crippen molar-refractivity contribution in [1.29, 1.82) is 0 Å². The number of nitrogens with zero attached hydrogens (tertiary/aromatic N) is 2. The number of halogens is 1. The van der Waals surface area contributed by atoms with Crippen molar-refractivity contribution in [3.8, 4) is 23.0 Å². The lowest BCUT2D eigenvalue weighted by molar-refractivity contribution is 0.469. The van der Waals surface area contributed by atoms with Crippen LogP contribution in [0.25, 0.3) is 22.3 Å². The van der Waals surface area contributed by atoms with Crippen LogP contribution in [0, 0.1) is 0 Å². The molecular formula is C20H13BrN2O. The Kier molecular flexibility index (Phi) is 3.97. The summed E-state index contributed by atoms with van der Waals surface area (Å²) in [5.41, 5.74) is 1.82. The Bertz CT molecular complexity index is 985. The number of benzene rings is 3. The van der Waals surface area contributed by atoms with E-state index in [1.165, 1.54) is 0 Å². The first-order valence-corrected chi connectivity index (χ1v) is 8.34. The molecule has 3 nitrogen and oxygen atoms in total. The Morgan fingerprint density at radius 2 is 1.42 bits per heavy atom. The summed E-state index contributed by atoms with van der Waals surface area (Å²) < 4.78 is 7.04. The second-order valence-electron chi connectivity index (χ2n) is 5.29. The maximum absolute atomic E-state index is 6.04. The van der Waals surface area contributed by atoms with Gasteiger partial charge in [0.2, 0.25) is 5.88 Å². The molecule has 4 aromatic rings. The molecule has 0 saturated carbocycles. The van der Waals surface area contributed by atoms with E-state index < -0.39 is 0 Å². The van der Waals surface area contributed by atoms with Gasteiger partial charge >= 0.3 is 0 Å². The minimum atomic E-state index is 0.557. The Morgan fingerprint density at radius 3 is 2.21 bits per heavy atom. The molecule has 4 rings (SSSR count). The summed E-state index contributed by atoms with van der Waals surface area (Å²) in [7, 11) is 0. The fourth-order valence-electron chi connectivity index (χ4n) is 2.46. The van der Waals surface area contributed by atoms with Crippen LogP contribution in [0.1, 0.15) is 0 Å². The van der Waals surface area contributed by atoms with Gasteiger partial charge in [-0.2, -0.15) is 4.98 Å². The van der Waals surface area contributed by atoms with Crippen molar-refractivity contribution in [1.82, 2.24) is 9.97 Å². The minimum Gasteiger partial charge on any atom is -0.438 e. The van der Waals surface area contributed by atoms with Gasteiger partial charge in [0.25, 0.3) is 0 Å². The normalized spacial score (nSPS) is 10.7. The summed E-state index contributed by atoms with van der Waals surface area (Å²) in [6, 6.07) is 25.5. The fraction of sp³-hybridized carbons (Fsp3) is 0. The van der Waals surface area contributed by atoms with E-state index in [1.54, 1.807) is 0 Å². The Balaban J connectivity index is 1.85. The SMILES string of the molecule is Brc1ccc(Oc2nc(-c3ccccc3)nc3ccccc23)cc1. The number of hydrogen-bond donors (Lipinski definition) is 0. The van der Waals surface area contributed by atoms with Crippen LogP contribution in [0.3, 0.4) is 0 Å². The lowest BCUT2D eigenvalue weighted by atomic mass is 10.2. The first-order valence-electron chi connectivity index (χ1n) is 7.55. The van der Waals surface area contributed by atoms with Crippen molar-refractivity contribution in [2.45, 2.75) is 0 Å². The molecule has 0 aliphatic heterocycles. The van der Waals surface area contributed by atoms with Gasteiger partial charge < -0.3 is 4.74 Å². The average Bonchev–Trinajstić information content (AvgIpc) is 2.64. The van der Waals surface area contributed by atoms with Crippen LogP contribution in [0.2, 0.25) is 0 Å². The smallest absolute Gasteiger partial charge is 0.230 e. The first-order chi connectivity index (χ1) is 11.8. The van der Waals surface area contributed by atoms with Gasteiger partial charge in [0, 0.05) is 10.0 Å². The lowest BCUT2D eigenvalue weighted by Gasteiger charge is -2.10. The molecule has 0 unspecified atom stereocenters. The van der Waals surface area contributed by atoms with E-state index in [9.17, 15) is 0 Å². The van der Waals surface area contributed by atoms with Gasteiger partial charge in [-0.25, -0.2) is 4.98 Å². The van der Waals surface area contributed by atoms with Crippen molar-refractivity contribution in [3.05, 3.63) is 83.3 Å². The molecule has 0 amide bonds. The standard InChI is InChI=1S/C20H13BrN2O/c21-15-10-12-16(13-11-15)24-20-17-8-4-5-9-18(17)22-19(23-20)14-6-2-1-3-7-14/h1-13H. The molecule has 0 aliphatic rings. The molecule has 3 aromatic carbocycles. The first kappa shape index (κ1) is 14.8. The molecule has 0 aliphatic carbocycles. The van der Waals surface area contributed by atoms with Crippen LogP contribution in [0.5, 0.6) is 11.6 Å². The van der Waals surface area contributed by atoms with E-state index in [-0.39, 0.29) is 0 Å². The zero-order valence-corrected chi connectivity index (χ0v) is 14.3. The quantitative estimate of drug-likeness (QED) is 0.449. The molecule has 0 atom stereocenters. The maximum atomic E-state index is 6.04. The highest BCUT2D eigenvalue weighted by Gasteiger charge is 2.11. The van der Waals surface area contributed by atoms with Gasteiger partial charge in [-0.05, 0) is 36.4 Å². The summed E-state index contributed by atoms with van der Waals surface area (Å²) in [5.74, 6) is 1.95. The van der Waals surface area contributed by atoms with E-state index in [4.69, 9.17) is 4.74 Å². The highest BCUT2D eigenvalue weighted by Crippen LogP contribution is 2.30. The third-order valence-corrected chi connectivity index (χ3v) is 4.16. The summed E-state index contributed by atoms with van der Waals surface area (Å²) in [5, 5.41) is 0.889. The molecule has 1 heterocycles. The maximum Gasteiger partial charge on any atom is 0.230 e. The number of hydrogen-bond acceptors (Lipinski definition) is 3. The van der Waals surface area contributed by atoms with Crippen LogP contribution in [0.15, 0.2) is 83.3 Å². The molecule has 1 aromatic heterocycles. The van der Waals surface area contributed by atoms with Gasteiger partial charge in [-0.1, -0.05) is 58.4 Å². The molecule has 0 saturated heterocycles. The van der Waals surface area contributed by atoms with E-state index in [1.807, 2.05) is 78.9 Å². The molecule has 24 heavy (non-hydrogen) atoms. The number of rotatable bonds is 3. The molecule has 0 spiro atoms. The number of para-hydroxylation sites is 1. The summed E-state index contributed by atoms with van der Waals surface area (Å²) >= 11 is 3.43. The summed E-state index contributed by atoms with van der Waals surface area (Å²) in [4.78, 5) is 9.31. The number of aromatic nitrogens is 2. The van der Waals surface area contributed by atoms with Crippen molar-refractivity contribution in [2.75, 3.05) is 0 Å². The van der Waals surface area contributed by atoms with Gasteiger partial charge in [-0.15, -0.1) is 0 Å². The van der Waals surface area contributed by atoms with Crippen LogP contribution >= 0.6 is 15.9 Å². The highest BCUT2D eigenvalue weighted by atomic mass is 79.9. The molecule has 4 heteroatoms. The molecule has 0 fully saturated rings. The van der Waals surface area contributed by atoms with Crippen molar-refractivity contribution < 1.29 is 4.74 Å². The van der Waals surface area contributed by atoms with Crippen molar-refractivity contribution >= 4 is 26.8 Å². The van der Waals surface area contributed by atoms with Gasteiger partial charge in [0.05, 0.1) is 10.9 Å². The Labute approximate surface area is 148 Å². The summed E-state index contributed by atoms with van der Waals surface area (Å²) in [6.07, 6.45) is 0. The van der Waals surface area contributed by atoms with Gasteiger partial charge in [0.1, 0.15) is 5.75 Å². The molecular weight excluding hydrogens is 364 g/mol. The van der Waals surface area contributed by atoms with Crippen LogP contribution < -0.4 is 4.74 Å². The molecule has 0 N–H and O–H groups in total. The zero-order chi connectivity index (χ0) is 16.4. The average molecular weight is 377 g/mol. The third-order valence-electron chi connectivity index (χ3n) is 3.63. The second kappa shape index (κ2) is 6.42. The largest absolute Gasteiger partial charge is 0.438 e. The van der Waals surface area contributed by atoms with Crippen molar-refractivity contribution in [2.24, 2.45) is 0 Å². The van der Waals surface area contributed by atoms with E-state index >= 15 is 0 Å². The zero-order valence-electron chi connectivity index (χ0n) is 12.7. The highest BCUT2D eigenvalue weighted by molar-refractivity contribution is 9.10. The second-order valence-corrected chi connectivity index (χ2v) is 6.21. The predicted octanol–water partition coefficient (Wildman–Crippen LogP) is 5.85. The number of fused-ring (bicyclic) bond motifs is 1. The van der Waals surface area contributed by atoms with E-state index in [2.05, 4.69) is 25.9 Å². The van der Waals surface area contributed by atoms with Gasteiger partial charge in [-0.3, -0.25) is 0 Å². The van der Waals surface area contributed by atoms with Crippen LogP contribution in [-0.2, 0) is 0 Å². The van der Waals surface area contributed by atoms with Crippen LogP contribution in [0.4, 0.5) is 0 Å². The Hall–Kier alpha value is -2.72. The third kappa shape index (κ3) is 3.01.